The third kappa shape index (κ3) is 3.47. The molecule has 0 saturated carbocycles. The first-order valence-corrected chi connectivity index (χ1v) is 5.52. The number of carboxylic acids is 1. The van der Waals surface area contributed by atoms with Gasteiger partial charge in [-0.3, -0.25) is 4.98 Å². The SMILES string of the molecule is O=C(O)c1cnc(-c2ccccc2OC(F)(F)F)c(F)c1. The number of hydrogen-bond acceptors (Lipinski definition) is 3. The molecule has 0 fully saturated rings. The van der Waals surface area contributed by atoms with Crippen molar-refractivity contribution >= 4 is 5.97 Å². The zero-order valence-corrected chi connectivity index (χ0v) is 10.2. The molecule has 0 bridgehead atoms. The molecular weight excluding hydrogens is 294 g/mol. The maximum Gasteiger partial charge on any atom is 0.573 e. The Morgan fingerprint density at radius 1 is 1.24 bits per heavy atom. The standard InChI is InChI=1S/C13H7F4NO3/c14-9-5-7(12(19)20)6-18-11(9)8-3-1-2-4-10(8)21-13(15,16)17/h1-6H,(H,19,20). The zero-order valence-electron chi connectivity index (χ0n) is 10.2. The third-order valence-electron chi connectivity index (χ3n) is 2.46. The van der Waals surface area contributed by atoms with E-state index in [9.17, 15) is 22.4 Å². The maximum absolute atomic E-state index is 13.8. The first-order chi connectivity index (χ1) is 9.78. The van der Waals surface area contributed by atoms with Crippen molar-refractivity contribution in [2.24, 2.45) is 0 Å². The Bertz CT molecular complexity index is 685. The van der Waals surface area contributed by atoms with Gasteiger partial charge in [-0.05, 0) is 18.2 Å². The summed E-state index contributed by atoms with van der Waals surface area (Å²) in [4.78, 5) is 14.2. The summed E-state index contributed by atoms with van der Waals surface area (Å²) >= 11 is 0. The number of benzene rings is 1. The molecule has 2 aromatic rings. The number of hydrogen-bond donors (Lipinski definition) is 1. The molecule has 1 heterocycles. The highest BCUT2D eigenvalue weighted by atomic mass is 19.4. The molecule has 0 amide bonds. The normalized spacial score (nSPS) is 11.2. The number of halogens is 4. The molecule has 21 heavy (non-hydrogen) atoms. The maximum atomic E-state index is 13.8. The molecule has 0 unspecified atom stereocenters. The first-order valence-electron chi connectivity index (χ1n) is 5.52. The number of aromatic nitrogens is 1. The van der Waals surface area contributed by atoms with E-state index in [4.69, 9.17) is 5.11 Å². The average molecular weight is 301 g/mol. The third-order valence-corrected chi connectivity index (χ3v) is 2.46. The predicted molar refractivity (Wildman–Crippen MR) is 63.3 cm³/mol. The summed E-state index contributed by atoms with van der Waals surface area (Å²) in [5.41, 5.74) is -1.07. The van der Waals surface area contributed by atoms with E-state index in [1.807, 2.05) is 0 Å². The molecule has 0 aliphatic heterocycles. The molecule has 2 rings (SSSR count). The van der Waals surface area contributed by atoms with Crippen molar-refractivity contribution in [2.75, 3.05) is 0 Å². The molecule has 1 aromatic heterocycles. The summed E-state index contributed by atoms with van der Waals surface area (Å²) in [7, 11) is 0. The summed E-state index contributed by atoms with van der Waals surface area (Å²) < 4.78 is 54.5. The average Bonchev–Trinajstić information content (AvgIpc) is 2.37. The van der Waals surface area contributed by atoms with Crippen molar-refractivity contribution in [1.82, 2.24) is 4.98 Å². The molecule has 0 aliphatic rings. The van der Waals surface area contributed by atoms with E-state index in [-0.39, 0.29) is 5.56 Å². The molecule has 8 heteroatoms. The van der Waals surface area contributed by atoms with E-state index in [2.05, 4.69) is 9.72 Å². The van der Waals surface area contributed by atoms with Crippen LogP contribution in [0.1, 0.15) is 10.4 Å². The number of para-hydroxylation sites is 1. The second kappa shape index (κ2) is 5.39. The minimum Gasteiger partial charge on any atom is -0.478 e. The number of carboxylic acid groups (broad SMARTS) is 1. The van der Waals surface area contributed by atoms with Crippen LogP contribution in [0.2, 0.25) is 0 Å². The quantitative estimate of drug-likeness (QED) is 0.882. The lowest BCUT2D eigenvalue weighted by Crippen LogP contribution is -2.17. The summed E-state index contributed by atoms with van der Waals surface area (Å²) in [5.74, 6) is -3.08. The van der Waals surface area contributed by atoms with E-state index in [0.29, 0.717) is 6.07 Å². The van der Waals surface area contributed by atoms with E-state index in [0.717, 1.165) is 12.3 Å². The lowest BCUT2D eigenvalue weighted by molar-refractivity contribution is -0.274. The van der Waals surface area contributed by atoms with Gasteiger partial charge in [0.15, 0.2) is 0 Å². The number of alkyl halides is 3. The smallest absolute Gasteiger partial charge is 0.478 e. The minimum atomic E-state index is -4.94. The van der Waals surface area contributed by atoms with Crippen LogP contribution in [0.15, 0.2) is 36.5 Å². The highest BCUT2D eigenvalue weighted by Crippen LogP contribution is 2.33. The van der Waals surface area contributed by atoms with Crippen LogP contribution in [-0.4, -0.2) is 22.4 Å². The summed E-state index contributed by atoms with van der Waals surface area (Å²) in [6.07, 6.45) is -4.08. The molecule has 4 nitrogen and oxygen atoms in total. The molecule has 0 spiro atoms. The van der Waals surface area contributed by atoms with Crippen LogP contribution in [0.4, 0.5) is 17.6 Å². The van der Waals surface area contributed by atoms with Gasteiger partial charge in [0.05, 0.1) is 5.56 Å². The van der Waals surface area contributed by atoms with Gasteiger partial charge in [-0.15, -0.1) is 13.2 Å². The van der Waals surface area contributed by atoms with Gasteiger partial charge < -0.3 is 9.84 Å². The number of pyridine rings is 1. The molecule has 0 saturated heterocycles. The van der Waals surface area contributed by atoms with Gasteiger partial charge in [-0.25, -0.2) is 9.18 Å². The highest BCUT2D eigenvalue weighted by molar-refractivity contribution is 5.87. The van der Waals surface area contributed by atoms with Gasteiger partial charge in [-0.1, -0.05) is 12.1 Å². The molecule has 0 atom stereocenters. The first kappa shape index (κ1) is 14.8. The molecule has 1 N–H and O–H groups in total. The van der Waals surface area contributed by atoms with Crippen molar-refractivity contribution in [3.8, 4) is 17.0 Å². The molecule has 1 aromatic carbocycles. The van der Waals surface area contributed by atoms with E-state index in [1.165, 1.54) is 18.2 Å². The Kier molecular flexibility index (Phi) is 3.79. The van der Waals surface area contributed by atoms with Crippen LogP contribution in [-0.2, 0) is 0 Å². The largest absolute Gasteiger partial charge is 0.573 e. The second-order valence-electron chi connectivity index (χ2n) is 3.90. The Labute approximate surface area is 115 Å². The number of nitrogens with zero attached hydrogens (tertiary/aromatic N) is 1. The zero-order chi connectivity index (χ0) is 15.6. The Hall–Kier alpha value is -2.64. The topological polar surface area (TPSA) is 59.4 Å². The van der Waals surface area contributed by atoms with Crippen molar-refractivity contribution in [3.63, 3.8) is 0 Å². The van der Waals surface area contributed by atoms with Gasteiger partial charge >= 0.3 is 12.3 Å². The highest BCUT2D eigenvalue weighted by Gasteiger charge is 2.32. The number of ether oxygens (including phenoxy) is 1. The Morgan fingerprint density at radius 2 is 1.90 bits per heavy atom. The molecule has 0 aliphatic carbocycles. The monoisotopic (exact) mass is 301 g/mol. The second-order valence-corrected chi connectivity index (χ2v) is 3.90. The van der Waals surface area contributed by atoms with Gasteiger partial charge in [0.1, 0.15) is 17.3 Å². The fraction of sp³-hybridized carbons (Fsp3) is 0.0769. The van der Waals surface area contributed by atoms with E-state index in [1.54, 1.807) is 0 Å². The van der Waals surface area contributed by atoms with Crippen LogP contribution < -0.4 is 4.74 Å². The van der Waals surface area contributed by atoms with Gasteiger partial charge in [0.2, 0.25) is 0 Å². The molecular formula is C13H7F4NO3. The van der Waals surface area contributed by atoms with E-state index < -0.39 is 35.2 Å². The summed E-state index contributed by atoms with van der Waals surface area (Å²) in [6.45, 7) is 0. The van der Waals surface area contributed by atoms with Crippen molar-refractivity contribution in [2.45, 2.75) is 6.36 Å². The van der Waals surface area contributed by atoms with Crippen molar-refractivity contribution in [1.29, 1.82) is 0 Å². The predicted octanol–water partition coefficient (Wildman–Crippen LogP) is 3.48. The summed E-state index contributed by atoms with van der Waals surface area (Å²) in [5, 5.41) is 8.70. The molecule has 0 radical (unpaired) electrons. The van der Waals surface area contributed by atoms with Gasteiger partial charge in [-0.2, -0.15) is 0 Å². The lowest BCUT2D eigenvalue weighted by Gasteiger charge is -2.13. The van der Waals surface area contributed by atoms with Crippen LogP contribution >= 0.6 is 0 Å². The van der Waals surface area contributed by atoms with Gasteiger partial charge in [0.25, 0.3) is 0 Å². The van der Waals surface area contributed by atoms with Crippen LogP contribution in [0.3, 0.4) is 0 Å². The lowest BCUT2D eigenvalue weighted by atomic mass is 10.1. The van der Waals surface area contributed by atoms with Crippen LogP contribution in [0, 0.1) is 5.82 Å². The van der Waals surface area contributed by atoms with E-state index >= 15 is 0 Å². The summed E-state index contributed by atoms with van der Waals surface area (Å²) in [6, 6.07) is 5.54. The fourth-order valence-corrected chi connectivity index (χ4v) is 1.63. The minimum absolute atomic E-state index is 0.232. The van der Waals surface area contributed by atoms with Crippen molar-refractivity contribution in [3.05, 3.63) is 47.9 Å². The van der Waals surface area contributed by atoms with Gasteiger partial charge in [0, 0.05) is 11.8 Å². The number of carbonyl (C=O) groups is 1. The van der Waals surface area contributed by atoms with Crippen LogP contribution in [0.25, 0.3) is 11.3 Å². The fourth-order valence-electron chi connectivity index (χ4n) is 1.63. The Morgan fingerprint density at radius 3 is 2.48 bits per heavy atom. The molecule has 110 valence electrons. The van der Waals surface area contributed by atoms with Crippen molar-refractivity contribution < 1.29 is 32.2 Å². The van der Waals surface area contributed by atoms with Crippen LogP contribution in [0.5, 0.6) is 5.75 Å². The number of aromatic carboxylic acids is 1. The number of rotatable bonds is 3. The Balaban J connectivity index is 2.50.